The second-order valence-corrected chi connectivity index (χ2v) is 6.62. The number of rotatable bonds is 6. The Labute approximate surface area is 148 Å². The number of aromatic nitrogens is 1. The smallest absolute Gasteiger partial charge is 0.206 e. The van der Waals surface area contributed by atoms with E-state index < -0.39 is 0 Å². The molecule has 0 amide bonds. The summed E-state index contributed by atoms with van der Waals surface area (Å²) in [5.41, 5.74) is 1.94. The van der Waals surface area contributed by atoms with Crippen LogP contribution in [0.1, 0.15) is 4.88 Å². The van der Waals surface area contributed by atoms with E-state index in [0.29, 0.717) is 6.54 Å². The molecule has 0 aliphatic rings. The second kappa shape index (κ2) is 7.90. The molecular formula is C18H17N3OS2. The van der Waals surface area contributed by atoms with Crippen LogP contribution >= 0.6 is 22.7 Å². The zero-order valence-electron chi connectivity index (χ0n) is 13.3. The molecule has 0 spiro atoms. The van der Waals surface area contributed by atoms with Crippen molar-refractivity contribution >= 4 is 28.9 Å². The SMILES string of the molecule is C=CCN=c1scc(-c2ccccc2OC)n1N=Cc1cccs1. The van der Waals surface area contributed by atoms with Gasteiger partial charge in [0.2, 0.25) is 4.80 Å². The Morgan fingerprint density at radius 3 is 2.83 bits per heavy atom. The van der Waals surface area contributed by atoms with Crippen molar-refractivity contribution in [2.75, 3.05) is 13.7 Å². The van der Waals surface area contributed by atoms with E-state index in [0.717, 1.165) is 26.7 Å². The number of thiazole rings is 1. The van der Waals surface area contributed by atoms with E-state index in [1.165, 1.54) is 0 Å². The molecule has 0 bridgehead atoms. The number of para-hydroxylation sites is 1. The van der Waals surface area contributed by atoms with Crippen LogP contribution in [0.25, 0.3) is 11.3 Å². The lowest BCUT2D eigenvalue weighted by Crippen LogP contribution is -2.12. The molecule has 0 atom stereocenters. The molecule has 0 aliphatic heterocycles. The third-order valence-corrected chi connectivity index (χ3v) is 4.93. The molecule has 6 heteroatoms. The molecule has 0 saturated carbocycles. The normalized spacial score (nSPS) is 12.0. The lowest BCUT2D eigenvalue weighted by molar-refractivity contribution is 0.416. The van der Waals surface area contributed by atoms with E-state index in [1.54, 1.807) is 35.9 Å². The van der Waals surface area contributed by atoms with Gasteiger partial charge in [-0.2, -0.15) is 5.10 Å². The van der Waals surface area contributed by atoms with Gasteiger partial charge in [-0.15, -0.1) is 29.3 Å². The average Bonchev–Trinajstić information content (AvgIpc) is 3.27. The average molecular weight is 355 g/mol. The summed E-state index contributed by atoms with van der Waals surface area (Å²) in [6.07, 6.45) is 3.62. The quantitative estimate of drug-likeness (QED) is 0.481. The Morgan fingerprint density at radius 1 is 1.21 bits per heavy atom. The van der Waals surface area contributed by atoms with E-state index in [1.807, 2.05) is 58.0 Å². The maximum absolute atomic E-state index is 5.49. The van der Waals surface area contributed by atoms with Gasteiger partial charge in [-0.25, -0.2) is 4.68 Å². The standard InChI is InChI=1S/C18H17N3OS2/c1-3-10-19-18-21(20-12-14-7-6-11-23-14)16(13-24-18)15-8-4-5-9-17(15)22-2/h3-9,11-13H,1,10H2,2H3. The third-order valence-electron chi connectivity index (χ3n) is 3.27. The minimum absolute atomic E-state index is 0.556. The Balaban J connectivity index is 2.12. The maximum atomic E-state index is 5.49. The van der Waals surface area contributed by atoms with Gasteiger partial charge in [-0.1, -0.05) is 24.3 Å². The van der Waals surface area contributed by atoms with Gasteiger partial charge in [0, 0.05) is 15.8 Å². The Bertz CT molecular complexity index is 904. The summed E-state index contributed by atoms with van der Waals surface area (Å²) in [5, 5.41) is 8.72. The second-order valence-electron chi connectivity index (χ2n) is 4.80. The van der Waals surface area contributed by atoms with Crippen LogP contribution in [0.15, 0.2) is 69.9 Å². The largest absolute Gasteiger partial charge is 0.496 e. The minimum Gasteiger partial charge on any atom is -0.496 e. The van der Waals surface area contributed by atoms with E-state index in [2.05, 4.69) is 16.7 Å². The van der Waals surface area contributed by atoms with Gasteiger partial charge in [0.05, 0.1) is 25.6 Å². The molecule has 2 aromatic heterocycles. The van der Waals surface area contributed by atoms with E-state index in [-0.39, 0.29) is 0 Å². The molecule has 0 fully saturated rings. The van der Waals surface area contributed by atoms with Gasteiger partial charge in [-0.3, -0.25) is 4.99 Å². The van der Waals surface area contributed by atoms with Crippen LogP contribution in [0, 0.1) is 0 Å². The number of ether oxygens (including phenoxy) is 1. The molecule has 2 heterocycles. The van der Waals surface area contributed by atoms with Gasteiger partial charge in [0.25, 0.3) is 0 Å². The van der Waals surface area contributed by atoms with Gasteiger partial charge in [-0.05, 0) is 23.6 Å². The highest BCUT2D eigenvalue weighted by Crippen LogP contribution is 2.29. The van der Waals surface area contributed by atoms with E-state index >= 15 is 0 Å². The highest BCUT2D eigenvalue weighted by molar-refractivity contribution is 7.11. The first kappa shape index (κ1) is 16.4. The van der Waals surface area contributed by atoms with Crippen LogP contribution in [-0.4, -0.2) is 24.5 Å². The molecule has 0 aliphatic carbocycles. The van der Waals surface area contributed by atoms with Crippen LogP contribution < -0.4 is 9.54 Å². The first-order chi connectivity index (χ1) is 11.8. The van der Waals surface area contributed by atoms with E-state index in [4.69, 9.17) is 4.74 Å². The molecule has 24 heavy (non-hydrogen) atoms. The number of thiophene rings is 1. The molecule has 4 nitrogen and oxygen atoms in total. The van der Waals surface area contributed by atoms with Crippen LogP contribution in [0.2, 0.25) is 0 Å². The monoisotopic (exact) mass is 355 g/mol. The van der Waals surface area contributed by atoms with Crippen LogP contribution in [-0.2, 0) is 0 Å². The van der Waals surface area contributed by atoms with Crippen molar-refractivity contribution < 1.29 is 4.74 Å². The molecule has 3 rings (SSSR count). The third kappa shape index (κ3) is 3.55. The fourth-order valence-corrected chi connectivity index (χ4v) is 3.60. The Hall–Kier alpha value is -2.44. The summed E-state index contributed by atoms with van der Waals surface area (Å²) in [4.78, 5) is 6.45. The zero-order valence-corrected chi connectivity index (χ0v) is 14.9. The molecule has 122 valence electrons. The molecule has 3 aromatic rings. The summed E-state index contributed by atoms with van der Waals surface area (Å²) < 4.78 is 7.34. The Morgan fingerprint density at radius 2 is 2.08 bits per heavy atom. The number of hydrogen-bond acceptors (Lipinski definition) is 5. The van der Waals surface area contributed by atoms with Crippen molar-refractivity contribution in [2.45, 2.75) is 0 Å². The predicted octanol–water partition coefficient (Wildman–Crippen LogP) is 4.26. The molecule has 0 N–H and O–H groups in total. The van der Waals surface area contributed by atoms with Crippen LogP contribution in [0.5, 0.6) is 5.75 Å². The predicted molar refractivity (Wildman–Crippen MR) is 102 cm³/mol. The van der Waals surface area contributed by atoms with Gasteiger partial charge < -0.3 is 4.74 Å². The molecule has 0 saturated heterocycles. The first-order valence-corrected chi connectivity index (χ1v) is 9.12. The van der Waals surface area contributed by atoms with Gasteiger partial charge >= 0.3 is 0 Å². The highest BCUT2D eigenvalue weighted by atomic mass is 32.1. The van der Waals surface area contributed by atoms with Crippen molar-refractivity contribution in [2.24, 2.45) is 10.1 Å². The van der Waals surface area contributed by atoms with Crippen LogP contribution in [0.4, 0.5) is 0 Å². The molecule has 0 radical (unpaired) electrons. The fourth-order valence-electron chi connectivity index (χ4n) is 2.18. The number of nitrogens with zero attached hydrogens (tertiary/aromatic N) is 3. The van der Waals surface area contributed by atoms with Crippen molar-refractivity contribution in [3.8, 4) is 17.0 Å². The maximum Gasteiger partial charge on any atom is 0.206 e. The first-order valence-electron chi connectivity index (χ1n) is 7.36. The molecule has 0 unspecified atom stereocenters. The van der Waals surface area contributed by atoms with Crippen molar-refractivity contribution in [1.82, 2.24) is 4.68 Å². The summed E-state index contributed by atoms with van der Waals surface area (Å²) in [7, 11) is 1.67. The zero-order chi connectivity index (χ0) is 16.8. The lowest BCUT2D eigenvalue weighted by Gasteiger charge is -2.08. The number of methoxy groups -OCH3 is 1. The van der Waals surface area contributed by atoms with Gasteiger partial charge in [0.15, 0.2) is 0 Å². The summed E-state index contributed by atoms with van der Waals surface area (Å²) in [6, 6.07) is 12.0. The Kier molecular flexibility index (Phi) is 5.40. The lowest BCUT2D eigenvalue weighted by atomic mass is 10.1. The summed E-state index contributed by atoms with van der Waals surface area (Å²) in [6.45, 7) is 4.29. The van der Waals surface area contributed by atoms with E-state index in [9.17, 15) is 0 Å². The highest BCUT2D eigenvalue weighted by Gasteiger charge is 2.11. The van der Waals surface area contributed by atoms with Crippen LogP contribution in [0.3, 0.4) is 0 Å². The molecular weight excluding hydrogens is 338 g/mol. The fraction of sp³-hybridized carbons (Fsp3) is 0.111. The number of hydrogen-bond donors (Lipinski definition) is 0. The van der Waals surface area contributed by atoms with Crippen molar-refractivity contribution in [3.05, 3.63) is 69.5 Å². The summed E-state index contributed by atoms with van der Waals surface area (Å²) >= 11 is 3.20. The van der Waals surface area contributed by atoms with Crippen molar-refractivity contribution in [1.29, 1.82) is 0 Å². The number of benzene rings is 1. The van der Waals surface area contributed by atoms with Gasteiger partial charge in [0.1, 0.15) is 5.75 Å². The molecule has 1 aromatic carbocycles. The summed E-state index contributed by atoms with van der Waals surface area (Å²) in [5.74, 6) is 0.811. The van der Waals surface area contributed by atoms with Crippen molar-refractivity contribution in [3.63, 3.8) is 0 Å². The topological polar surface area (TPSA) is 38.9 Å². The minimum atomic E-state index is 0.556.